The zero-order valence-electron chi connectivity index (χ0n) is 17.4. The summed E-state index contributed by atoms with van der Waals surface area (Å²) in [5.74, 6) is -0.632. The summed E-state index contributed by atoms with van der Waals surface area (Å²) < 4.78 is 4.95. The first-order chi connectivity index (χ1) is 14.5. The Kier molecular flexibility index (Phi) is 5.75. The number of carbonyl (C=O) groups excluding carboxylic acids is 3. The summed E-state index contributed by atoms with van der Waals surface area (Å²) in [4.78, 5) is 40.1. The number of ether oxygens (including phenoxy) is 1. The third-order valence-electron chi connectivity index (χ3n) is 6.57. The van der Waals surface area contributed by atoms with Crippen LogP contribution in [0.15, 0.2) is 42.5 Å². The Morgan fingerprint density at radius 3 is 2.37 bits per heavy atom. The van der Waals surface area contributed by atoms with Crippen LogP contribution in [0.3, 0.4) is 0 Å². The van der Waals surface area contributed by atoms with E-state index in [1.54, 1.807) is 0 Å². The summed E-state index contributed by atoms with van der Waals surface area (Å²) >= 11 is 0. The monoisotopic (exact) mass is 408 g/mol. The molecule has 6 heteroatoms. The van der Waals surface area contributed by atoms with Crippen molar-refractivity contribution in [3.05, 3.63) is 48.0 Å². The molecule has 30 heavy (non-hydrogen) atoms. The van der Waals surface area contributed by atoms with E-state index < -0.39 is 5.54 Å². The highest BCUT2D eigenvalue weighted by Crippen LogP contribution is 2.32. The highest BCUT2D eigenvalue weighted by Gasteiger charge is 2.44. The topological polar surface area (TPSA) is 75.7 Å². The molecule has 1 N–H and O–H groups in total. The van der Waals surface area contributed by atoms with Crippen molar-refractivity contribution < 1.29 is 19.1 Å². The molecule has 0 bridgehead atoms. The molecule has 6 nitrogen and oxygen atoms in total. The Morgan fingerprint density at radius 1 is 1.00 bits per heavy atom. The van der Waals surface area contributed by atoms with Crippen molar-refractivity contribution in [2.75, 3.05) is 20.2 Å². The molecular weight excluding hydrogens is 380 g/mol. The van der Waals surface area contributed by atoms with Gasteiger partial charge in [-0.3, -0.25) is 9.59 Å². The molecule has 1 saturated carbocycles. The van der Waals surface area contributed by atoms with Gasteiger partial charge in [-0.2, -0.15) is 0 Å². The molecule has 2 aromatic rings. The largest absolute Gasteiger partial charge is 0.467 e. The minimum atomic E-state index is -0.873. The van der Waals surface area contributed by atoms with Crippen LogP contribution in [0.1, 0.15) is 48.9 Å². The van der Waals surface area contributed by atoms with Crippen LogP contribution >= 0.6 is 0 Å². The van der Waals surface area contributed by atoms with E-state index in [-0.39, 0.29) is 23.7 Å². The number of carbonyl (C=O) groups is 3. The molecule has 4 rings (SSSR count). The van der Waals surface area contributed by atoms with E-state index in [9.17, 15) is 14.4 Å². The number of fused-ring (bicyclic) bond motifs is 1. The standard InChI is InChI=1S/C24H28N2O4/c1-30-23(29)24(13-4-5-14-24)25-21(27)18-11-15-26(16-12-18)22(28)20-10-6-8-17-7-2-3-9-19(17)20/h2-3,6-10,18H,4-5,11-16H2,1H3,(H,25,27). The van der Waals surface area contributed by atoms with Gasteiger partial charge in [0, 0.05) is 24.6 Å². The Bertz CT molecular complexity index is 951. The molecule has 2 amide bonds. The smallest absolute Gasteiger partial charge is 0.331 e. The van der Waals surface area contributed by atoms with E-state index >= 15 is 0 Å². The number of piperidine rings is 1. The van der Waals surface area contributed by atoms with E-state index in [1.807, 2.05) is 47.4 Å². The van der Waals surface area contributed by atoms with E-state index in [0.717, 1.165) is 23.6 Å². The van der Waals surface area contributed by atoms with Crippen LogP contribution in [0.4, 0.5) is 0 Å². The molecule has 0 radical (unpaired) electrons. The lowest BCUT2D eigenvalue weighted by molar-refractivity contribution is -0.151. The van der Waals surface area contributed by atoms with Gasteiger partial charge >= 0.3 is 5.97 Å². The summed E-state index contributed by atoms with van der Waals surface area (Å²) in [6.45, 7) is 1.07. The van der Waals surface area contributed by atoms with Crippen molar-refractivity contribution in [3.8, 4) is 0 Å². The Hall–Kier alpha value is -2.89. The van der Waals surface area contributed by atoms with Crippen molar-refractivity contribution >= 4 is 28.6 Å². The highest BCUT2D eigenvalue weighted by molar-refractivity contribution is 6.07. The first-order valence-corrected chi connectivity index (χ1v) is 10.7. The molecule has 2 fully saturated rings. The minimum Gasteiger partial charge on any atom is -0.467 e. The fourth-order valence-electron chi connectivity index (χ4n) is 4.82. The van der Waals surface area contributed by atoms with Crippen LogP contribution in [-0.2, 0) is 14.3 Å². The SMILES string of the molecule is COC(=O)C1(NC(=O)C2CCN(C(=O)c3cccc4ccccc34)CC2)CCCC1. The molecule has 1 aliphatic heterocycles. The van der Waals surface area contributed by atoms with Gasteiger partial charge in [0.25, 0.3) is 5.91 Å². The lowest BCUT2D eigenvalue weighted by Crippen LogP contribution is -2.55. The van der Waals surface area contributed by atoms with Crippen molar-refractivity contribution in [2.24, 2.45) is 5.92 Å². The number of rotatable bonds is 4. The van der Waals surface area contributed by atoms with E-state index in [0.29, 0.717) is 44.3 Å². The quantitative estimate of drug-likeness (QED) is 0.788. The molecule has 1 aliphatic carbocycles. The maximum absolute atomic E-state index is 13.1. The predicted octanol–water partition coefficient (Wildman–Crippen LogP) is 3.29. The van der Waals surface area contributed by atoms with E-state index in [4.69, 9.17) is 4.74 Å². The van der Waals surface area contributed by atoms with Crippen LogP contribution < -0.4 is 5.32 Å². The van der Waals surface area contributed by atoms with E-state index in [1.165, 1.54) is 7.11 Å². The predicted molar refractivity (Wildman–Crippen MR) is 114 cm³/mol. The van der Waals surface area contributed by atoms with Crippen LogP contribution in [-0.4, -0.2) is 48.4 Å². The third-order valence-corrected chi connectivity index (χ3v) is 6.57. The normalized spacial score (nSPS) is 18.9. The maximum atomic E-state index is 13.1. The third kappa shape index (κ3) is 3.78. The van der Waals surface area contributed by atoms with Crippen LogP contribution in [0.25, 0.3) is 10.8 Å². The number of hydrogen-bond acceptors (Lipinski definition) is 4. The first kappa shape index (κ1) is 20.4. The van der Waals surface area contributed by atoms with Gasteiger partial charge < -0.3 is 15.0 Å². The van der Waals surface area contributed by atoms with E-state index in [2.05, 4.69) is 5.32 Å². The molecule has 2 aliphatic rings. The zero-order chi connectivity index (χ0) is 21.1. The van der Waals surface area contributed by atoms with Crippen molar-refractivity contribution in [1.29, 1.82) is 0 Å². The average molecular weight is 408 g/mol. The lowest BCUT2D eigenvalue weighted by Gasteiger charge is -2.34. The Labute approximate surface area is 176 Å². The van der Waals surface area contributed by atoms with Gasteiger partial charge in [0.1, 0.15) is 5.54 Å². The fourth-order valence-corrected chi connectivity index (χ4v) is 4.82. The van der Waals surface area contributed by atoms with Gasteiger partial charge in [-0.25, -0.2) is 4.79 Å². The summed E-state index contributed by atoms with van der Waals surface area (Å²) in [6, 6.07) is 13.7. The van der Waals surface area contributed by atoms with Gasteiger partial charge in [-0.05, 0) is 42.5 Å². The first-order valence-electron chi connectivity index (χ1n) is 10.7. The molecule has 1 saturated heterocycles. The molecule has 0 aromatic heterocycles. The van der Waals surface area contributed by atoms with Crippen molar-refractivity contribution in [2.45, 2.75) is 44.1 Å². The second-order valence-electron chi connectivity index (χ2n) is 8.36. The van der Waals surface area contributed by atoms with Gasteiger partial charge in [0.15, 0.2) is 0 Å². The zero-order valence-corrected chi connectivity index (χ0v) is 17.4. The van der Waals surface area contributed by atoms with Crippen molar-refractivity contribution in [1.82, 2.24) is 10.2 Å². The minimum absolute atomic E-state index is 0.00693. The summed E-state index contributed by atoms with van der Waals surface area (Å²) in [5.41, 5.74) is -0.173. The second kappa shape index (κ2) is 8.46. The molecule has 1 heterocycles. The number of benzene rings is 2. The number of nitrogens with one attached hydrogen (secondary N) is 1. The van der Waals surface area contributed by atoms with Gasteiger partial charge in [-0.15, -0.1) is 0 Å². The summed E-state index contributed by atoms with van der Waals surface area (Å²) in [7, 11) is 1.37. The van der Waals surface area contributed by atoms with Crippen LogP contribution in [0, 0.1) is 5.92 Å². The number of esters is 1. The number of hydrogen-bond donors (Lipinski definition) is 1. The van der Waals surface area contributed by atoms with Gasteiger partial charge in [0.05, 0.1) is 7.11 Å². The molecule has 0 atom stereocenters. The van der Waals surface area contributed by atoms with Crippen LogP contribution in [0.5, 0.6) is 0 Å². The number of likely N-dealkylation sites (tertiary alicyclic amines) is 1. The lowest BCUT2D eigenvalue weighted by atomic mass is 9.91. The average Bonchev–Trinajstić information content (AvgIpc) is 3.27. The van der Waals surface area contributed by atoms with Crippen LogP contribution in [0.2, 0.25) is 0 Å². The van der Waals surface area contributed by atoms with Gasteiger partial charge in [-0.1, -0.05) is 49.2 Å². The molecule has 0 spiro atoms. The number of methoxy groups -OCH3 is 1. The fraction of sp³-hybridized carbons (Fsp3) is 0.458. The molecule has 2 aromatic carbocycles. The molecular formula is C24H28N2O4. The Balaban J connectivity index is 1.40. The molecule has 158 valence electrons. The Morgan fingerprint density at radius 2 is 1.67 bits per heavy atom. The second-order valence-corrected chi connectivity index (χ2v) is 8.36. The van der Waals surface area contributed by atoms with Gasteiger partial charge in [0.2, 0.25) is 5.91 Å². The maximum Gasteiger partial charge on any atom is 0.331 e. The highest BCUT2D eigenvalue weighted by atomic mass is 16.5. The summed E-state index contributed by atoms with van der Waals surface area (Å²) in [5, 5.41) is 4.99. The number of nitrogens with zero attached hydrogens (tertiary/aromatic N) is 1. The summed E-state index contributed by atoms with van der Waals surface area (Å²) in [6.07, 6.45) is 4.27. The van der Waals surface area contributed by atoms with Crippen molar-refractivity contribution in [3.63, 3.8) is 0 Å². The number of amides is 2. The molecule has 0 unspecified atom stereocenters.